The van der Waals surface area contributed by atoms with Gasteiger partial charge in [0.05, 0.1) is 16.2 Å². The Hall–Kier alpha value is -3.20. The van der Waals surface area contributed by atoms with Crippen LogP contribution in [0.4, 0.5) is 4.39 Å². The van der Waals surface area contributed by atoms with Gasteiger partial charge in [-0.05, 0) is 43.2 Å². The summed E-state index contributed by atoms with van der Waals surface area (Å²) in [6.07, 6.45) is 0.781. The molecule has 0 aliphatic rings. The summed E-state index contributed by atoms with van der Waals surface area (Å²) < 4.78 is 16.9. The zero-order valence-electron chi connectivity index (χ0n) is 18.2. The topological polar surface area (TPSA) is 72.5 Å². The highest BCUT2D eigenvalue weighted by atomic mass is 32.2. The Morgan fingerprint density at radius 2 is 1.97 bits per heavy atom. The number of carbonyl (C=O) groups excluding carboxylic acids is 1. The van der Waals surface area contributed by atoms with Gasteiger partial charge in [-0.15, -0.1) is 10.2 Å². The van der Waals surface area contributed by atoms with E-state index in [0.717, 1.165) is 12.0 Å². The van der Waals surface area contributed by atoms with E-state index in [1.807, 2.05) is 29.5 Å². The van der Waals surface area contributed by atoms with E-state index in [4.69, 9.17) is 0 Å². The maximum atomic E-state index is 13.5. The second kappa shape index (κ2) is 9.12. The number of carbonyl (C=O) groups is 1. The van der Waals surface area contributed by atoms with Crippen LogP contribution in [-0.4, -0.2) is 42.3 Å². The number of rotatable bonds is 7. The van der Waals surface area contributed by atoms with Crippen LogP contribution in [0.1, 0.15) is 25.8 Å². The molecule has 2 heterocycles. The molecular formula is C23H24FN5O2S. The molecule has 2 aromatic carbocycles. The second-order valence-corrected chi connectivity index (χ2v) is 8.98. The maximum Gasteiger partial charge on any atom is 0.262 e. The van der Waals surface area contributed by atoms with Gasteiger partial charge in [-0.25, -0.2) is 4.39 Å². The Kier molecular flexibility index (Phi) is 6.27. The predicted octanol–water partition coefficient (Wildman–Crippen LogP) is 3.73. The van der Waals surface area contributed by atoms with Gasteiger partial charge >= 0.3 is 0 Å². The zero-order chi connectivity index (χ0) is 22.8. The Morgan fingerprint density at radius 1 is 1.19 bits per heavy atom. The minimum Gasteiger partial charge on any atom is -0.340 e. The second-order valence-electron chi connectivity index (χ2n) is 7.68. The van der Waals surface area contributed by atoms with Crippen molar-refractivity contribution < 1.29 is 9.18 Å². The first-order chi connectivity index (χ1) is 15.4. The number of benzene rings is 2. The van der Waals surface area contributed by atoms with E-state index in [2.05, 4.69) is 10.2 Å². The highest BCUT2D eigenvalue weighted by molar-refractivity contribution is 8.00. The highest BCUT2D eigenvalue weighted by Gasteiger charge is 2.23. The van der Waals surface area contributed by atoms with E-state index >= 15 is 0 Å². The molecule has 4 aromatic rings. The number of nitrogens with zero attached hydrogens (tertiary/aromatic N) is 5. The third-order valence-corrected chi connectivity index (χ3v) is 6.27. The van der Waals surface area contributed by atoms with Gasteiger partial charge in [-0.2, -0.15) is 0 Å². The van der Waals surface area contributed by atoms with Crippen molar-refractivity contribution in [3.63, 3.8) is 0 Å². The van der Waals surface area contributed by atoms with Crippen molar-refractivity contribution in [3.8, 4) is 0 Å². The molecule has 9 heteroatoms. The fourth-order valence-corrected chi connectivity index (χ4v) is 4.71. The SMILES string of the molecule is CCCn1c(=O)c2ccccc2n2c(SC(C)C(=O)N(C)Cc3cccc(F)c3)nnc12. The molecule has 1 unspecified atom stereocenters. The summed E-state index contributed by atoms with van der Waals surface area (Å²) in [7, 11) is 1.69. The average Bonchev–Trinajstić information content (AvgIpc) is 3.19. The Balaban J connectivity index is 1.65. The molecule has 2 aromatic heterocycles. The maximum absolute atomic E-state index is 13.5. The normalized spacial score (nSPS) is 12.4. The fraction of sp³-hybridized carbons (Fsp3) is 0.304. The van der Waals surface area contributed by atoms with Crippen LogP contribution in [0.3, 0.4) is 0 Å². The van der Waals surface area contributed by atoms with E-state index in [-0.39, 0.29) is 17.3 Å². The summed E-state index contributed by atoms with van der Waals surface area (Å²) in [5, 5.41) is 9.24. The van der Waals surface area contributed by atoms with E-state index in [1.54, 1.807) is 41.6 Å². The summed E-state index contributed by atoms with van der Waals surface area (Å²) in [6, 6.07) is 13.6. The van der Waals surface area contributed by atoms with Crippen LogP contribution in [0.15, 0.2) is 58.5 Å². The molecule has 1 atom stereocenters. The van der Waals surface area contributed by atoms with Crippen LogP contribution in [0.5, 0.6) is 0 Å². The Labute approximate surface area is 188 Å². The van der Waals surface area contributed by atoms with Gasteiger partial charge in [-0.1, -0.05) is 43.0 Å². The van der Waals surface area contributed by atoms with Crippen molar-refractivity contribution in [1.82, 2.24) is 24.1 Å². The smallest absolute Gasteiger partial charge is 0.262 e. The molecular weight excluding hydrogens is 429 g/mol. The number of amides is 1. The van der Waals surface area contributed by atoms with E-state index < -0.39 is 5.25 Å². The molecule has 0 N–H and O–H groups in total. The lowest BCUT2D eigenvalue weighted by Crippen LogP contribution is -2.33. The molecule has 0 radical (unpaired) electrons. The van der Waals surface area contributed by atoms with Gasteiger partial charge in [-0.3, -0.25) is 18.6 Å². The van der Waals surface area contributed by atoms with Crippen LogP contribution in [-0.2, 0) is 17.9 Å². The Bertz CT molecular complexity index is 1350. The molecule has 4 rings (SSSR count). The third kappa shape index (κ3) is 4.12. The molecule has 0 aliphatic heterocycles. The molecule has 0 bridgehead atoms. The van der Waals surface area contributed by atoms with Crippen LogP contribution in [0, 0.1) is 5.82 Å². The summed E-state index contributed by atoms with van der Waals surface area (Å²) in [5.74, 6) is 0.0266. The van der Waals surface area contributed by atoms with Gasteiger partial charge in [0.1, 0.15) is 5.82 Å². The van der Waals surface area contributed by atoms with Gasteiger partial charge in [0.2, 0.25) is 11.7 Å². The first-order valence-electron chi connectivity index (χ1n) is 10.4. The summed E-state index contributed by atoms with van der Waals surface area (Å²) in [6.45, 7) is 4.64. The number of aryl methyl sites for hydroxylation is 1. The zero-order valence-corrected chi connectivity index (χ0v) is 19.0. The largest absolute Gasteiger partial charge is 0.340 e. The van der Waals surface area contributed by atoms with Gasteiger partial charge in [0.25, 0.3) is 5.56 Å². The first-order valence-corrected chi connectivity index (χ1v) is 11.3. The van der Waals surface area contributed by atoms with Crippen molar-refractivity contribution in [3.05, 3.63) is 70.3 Å². The minimum atomic E-state index is -0.453. The molecule has 7 nitrogen and oxygen atoms in total. The number of hydrogen-bond donors (Lipinski definition) is 0. The quantitative estimate of drug-likeness (QED) is 0.399. The molecule has 0 spiro atoms. The predicted molar refractivity (Wildman–Crippen MR) is 123 cm³/mol. The van der Waals surface area contributed by atoms with Crippen LogP contribution in [0.25, 0.3) is 16.7 Å². The molecule has 0 aliphatic carbocycles. The third-order valence-electron chi connectivity index (χ3n) is 5.24. The van der Waals surface area contributed by atoms with Crippen molar-refractivity contribution in [2.75, 3.05) is 7.05 Å². The van der Waals surface area contributed by atoms with E-state index in [9.17, 15) is 14.0 Å². The van der Waals surface area contributed by atoms with Crippen LogP contribution in [0.2, 0.25) is 0 Å². The van der Waals surface area contributed by atoms with Gasteiger partial charge < -0.3 is 4.90 Å². The number of para-hydroxylation sites is 1. The number of fused-ring (bicyclic) bond motifs is 3. The van der Waals surface area contributed by atoms with E-state index in [1.165, 1.54) is 23.9 Å². The molecule has 0 saturated heterocycles. The van der Waals surface area contributed by atoms with Gasteiger partial charge in [0.15, 0.2) is 5.16 Å². The number of thioether (sulfide) groups is 1. The summed E-state index contributed by atoms with van der Waals surface area (Å²) in [5.41, 5.74) is 1.33. The van der Waals surface area contributed by atoms with Crippen molar-refractivity contribution in [2.45, 2.75) is 43.8 Å². The summed E-state index contributed by atoms with van der Waals surface area (Å²) >= 11 is 1.29. The monoisotopic (exact) mass is 453 g/mol. The number of hydrogen-bond acceptors (Lipinski definition) is 5. The first kappa shape index (κ1) is 22.0. The molecule has 1 amide bonds. The number of halogens is 1. The lowest BCUT2D eigenvalue weighted by molar-refractivity contribution is -0.129. The van der Waals surface area contributed by atoms with Crippen LogP contribution < -0.4 is 5.56 Å². The summed E-state index contributed by atoms with van der Waals surface area (Å²) in [4.78, 5) is 27.5. The van der Waals surface area contributed by atoms with Crippen molar-refractivity contribution in [1.29, 1.82) is 0 Å². The number of aromatic nitrogens is 4. The highest BCUT2D eigenvalue weighted by Crippen LogP contribution is 2.26. The van der Waals surface area contributed by atoms with Crippen LogP contribution >= 0.6 is 11.8 Å². The molecule has 0 saturated carbocycles. The lowest BCUT2D eigenvalue weighted by atomic mass is 10.2. The molecule has 32 heavy (non-hydrogen) atoms. The standard InChI is InChI=1S/C23H24FN5O2S/c1-4-12-28-21(31)18-10-5-6-11-19(18)29-22(28)25-26-23(29)32-15(2)20(30)27(3)14-16-8-7-9-17(24)13-16/h5-11,13,15H,4,12,14H2,1-3H3. The average molecular weight is 454 g/mol. The minimum absolute atomic E-state index is 0.0992. The fourth-order valence-electron chi connectivity index (χ4n) is 3.74. The van der Waals surface area contributed by atoms with Crippen molar-refractivity contribution >= 4 is 34.3 Å². The van der Waals surface area contributed by atoms with Crippen molar-refractivity contribution in [2.24, 2.45) is 0 Å². The molecule has 0 fully saturated rings. The Morgan fingerprint density at radius 3 is 2.72 bits per heavy atom. The molecule has 166 valence electrons. The lowest BCUT2D eigenvalue weighted by Gasteiger charge is -2.21. The van der Waals surface area contributed by atoms with Gasteiger partial charge in [0, 0.05) is 20.1 Å². The van der Waals surface area contributed by atoms with E-state index in [0.29, 0.717) is 34.9 Å².